The average Bonchev–Trinajstić information content (AvgIpc) is 3.64. The summed E-state index contributed by atoms with van der Waals surface area (Å²) >= 11 is 0. The summed E-state index contributed by atoms with van der Waals surface area (Å²) in [5, 5.41) is 6.20. The highest BCUT2D eigenvalue weighted by Crippen LogP contribution is 2.55. The van der Waals surface area contributed by atoms with E-state index in [1.165, 1.54) is 6.42 Å². The van der Waals surface area contributed by atoms with Crippen LogP contribution in [0.3, 0.4) is 0 Å². The second-order valence-electron chi connectivity index (χ2n) is 11.0. The molecule has 4 heterocycles. The molecule has 4 aliphatic heterocycles. The van der Waals surface area contributed by atoms with Gasteiger partial charge in [-0.05, 0) is 44.7 Å². The van der Waals surface area contributed by atoms with Gasteiger partial charge in [-0.25, -0.2) is 0 Å². The van der Waals surface area contributed by atoms with Crippen LogP contribution in [0.2, 0.25) is 0 Å². The summed E-state index contributed by atoms with van der Waals surface area (Å²) in [4.78, 5) is 42.9. The van der Waals surface area contributed by atoms with Crippen molar-refractivity contribution in [2.45, 2.75) is 81.8 Å². The fourth-order valence-corrected chi connectivity index (χ4v) is 6.86. The second-order valence-corrected chi connectivity index (χ2v) is 11.0. The number of likely N-dealkylation sites (tertiary alicyclic amines) is 1. The zero-order chi connectivity index (χ0) is 24.9. The molecule has 3 amide bonds. The van der Waals surface area contributed by atoms with E-state index in [1.807, 2.05) is 43.3 Å². The minimum Gasteiger partial charge on any atom is -0.376 e. The molecule has 8 heteroatoms. The molecule has 6 rings (SSSR count). The Hall–Kier alpha value is -2.71. The maximum atomic E-state index is 14.0. The van der Waals surface area contributed by atoms with Gasteiger partial charge in [0.2, 0.25) is 17.7 Å². The molecule has 2 bridgehead atoms. The van der Waals surface area contributed by atoms with Crippen molar-refractivity contribution < 1.29 is 23.9 Å². The Balaban J connectivity index is 1.29. The third-order valence-corrected chi connectivity index (χ3v) is 8.62. The molecule has 1 saturated carbocycles. The molecule has 4 fully saturated rings. The summed E-state index contributed by atoms with van der Waals surface area (Å²) in [6.45, 7) is 3.00. The molecule has 36 heavy (non-hydrogen) atoms. The predicted molar refractivity (Wildman–Crippen MR) is 133 cm³/mol. The van der Waals surface area contributed by atoms with Gasteiger partial charge >= 0.3 is 0 Å². The number of hydrogen-bond acceptors (Lipinski definition) is 5. The van der Waals surface area contributed by atoms with E-state index < -0.39 is 29.6 Å². The van der Waals surface area contributed by atoms with E-state index in [0.29, 0.717) is 18.8 Å². The molecule has 3 saturated heterocycles. The molecule has 0 aromatic heterocycles. The molecule has 192 valence electrons. The molecule has 8 nitrogen and oxygen atoms in total. The Morgan fingerprint density at radius 1 is 1.06 bits per heavy atom. The summed E-state index contributed by atoms with van der Waals surface area (Å²) < 4.78 is 12.3. The second kappa shape index (κ2) is 9.30. The van der Waals surface area contributed by atoms with Crippen molar-refractivity contribution >= 4 is 23.4 Å². The number of carbonyl (C=O) groups is 3. The Labute approximate surface area is 211 Å². The smallest absolute Gasteiger partial charge is 0.246 e. The maximum absolute atomic E-state index is 14.0. The molecule has 2 N–H and O–H groups in total. The lowest BCUT2D eigenvalue weighted by Crippen LogP contribution is -2.57. The normalized spacial score (nSPS) is 35.3. The van der Waals surface area contributed by atoms with Crippen LogP contribution in [-0.4, -0.2) is 65.7 Å². The predicted octanol–water partition coefficient (Wildman–Crippen LogP) is 2.71. The van der Waals surface area contributed by atoms with Gasteiger partial charge in [0.15, 0.2) is 0 Å². The lowest BCUT2D eigenvalue weighted by atomic mass is 9.74. The minimum atomic E-state index is -1.13. The number of nitrogens with zero attached hydrogens (tertiary/aromatic N) is 1. The van der Waals surface area contributed by atoms with E-state index in [9.17, 15) is 14.4 Å². The zero-order valence-corrected chi connectivity index (χ0v) is 20.8. The monoisotopic (exact) mass is 493 g/mol. The van der Waals surface area contributed by atoms with Crippen molar-refractivity contribution in [3.63, 3.8) is 0 Å². The fourth-order valence-electron chi connectivity index (χ4n) is 6.86. The summed E-state index contributed by atoms with van der Waals surface area (Å²) in [7, 11) is 0. The third-order valence-electron chi connectivity index (χ3n) is 8.62. The van der Waals surface area contributed by atoms with Crippen LogP contribution in [0.4, 0.5) is 5.69 Å². The number of nitrogens with one attached hydrogen (secondary N) is 2. The molecule has 6 unspecified atom stereocenters. The quantitative estimate of drug-likeness (QED) is 0.594. The highest BCUT2D eigenvalue weighted by molar-refractivity contribution is 6.02. The molecule has 6 atom stereocenters. The molecular formula is C28H35N3O5. The van der Waals surface area contributed by atoms with Crippen LogP contribution < -0.4 is 10.6 Å². The summed E-state index contributed by atoms with van der Waals surface area (Å²) in [5.74, 6) is -2.05. The minimum absolute atomic E-state index is 0.102. The van der Waals surface area contributed by atoms with Crippen LogP contribution >= 0.6 is 0 Å². The van der Waals surface area contributed by atoms with Gasteiger partial charge in [-0.3, -0.25) is 14.4 Å². The number of anilines is 1. The molecular weight excluding hydrogens is 458 g/mol. The molecule has 0 radical (unpaired) electrons. The number of benzene rings is 1. The number of ether oxygens (including phenoxy) is 2. The van der Waals surface area contributed by atoms with Crippen molar-refractivity contribution in [3.8, 4) is 0 Å². The first-order valence-corrected chi connectivity index (χ1v) is 13.4. The fraction of sp³-hybridized carbons (Fsp3) is 0.607. The van der Waals surface area contributed by atoms with Crippen molar-refractivity contribution in [2.75, 3.05) is 18.5 Å². The van der Waals surface area contributed by atoms with E-state index in [-0.39, 0.29) is 29.9 Å². The Morgan fingerprint density at radius 2 is 1.83 bits per heavy atom. The zero-order valence-electron chi connectivity index (χ0n) is 20.8. The van der Waals surface area contributed by atoms with Gasteiger partial charge in [0.05, 0.1) is 24.0 Å². The highest BCUT2D eigenvalue weighted by Gasteiger charge is 2.73. The van der Waals surface area contributed by atoms with E-state index in [2.05, 4.69) is 10.6 Å². The Kier molecular flexibility index (Phi) is 6.12. The van der Waals surface area contributed by atoms with Crippen molar-refractivity contribution in [1.29, 1.82) is 0 Å². The number of fused-ring (bicyclic) bond motifs is 1. The summed E-state index contributed by atoms with van der Waals surface area (Å²) in [5.41, 5.74) is 0.648. The molecule has 1 aliphatic carbocycles. The average molecular weight is 494 g/mol. The van der Waals surface area contributed by atoms with E-state index in [4.69, 9.17) is 9.47 Å². The topological polar surface area (TPSA) is 97.0 Å². The van der Waals surface area contributed by atoms with Crippen LogP contribution in [0.25, 0.3) is 0 Å². The van der Waals surface area contributed by atoms with Gasteiger partial charge in [0, 0.05) is 24.9 Å². The number of hydrogen-bond donors (Lipinski definition) is 2. The molecule has 1 spiro atoms. The standard InChI is InChI=1S/C28H35N3O5/c1-17-9-11-19(12-10-17)29-25(32)22-21-13-14-28(36-21)23(22)27(34)31(16-20-8-5-15-35-20)24(28)26(33)30-18-6-3-2-4-7-18/h9-14,18,20-24H,2-8,15-16H2,1H3,(H,29,32)(H,30,33). The Morgan fingerprint density at radius 3 is 2.56 bits per heavy atom. The van der Waals surface area contributed by atoms with Crippen LogP contribution in [0.1, 0.15) is 50.5 Å². The number of carbonyl (C=O) groups excluding carboxylic acids is 3. The van der Waals surface area contributed by atoms with E-state index >= 15 is 0 Å². The van der Waals surface area contributed by atoms with Gasteiger partial charge in [0.25, 0.3) is 0 Å². The van der Waals surface area contributed by atoms with Gasteiger partial charge in [0.1, 0.15) is 11.6 Å². The van der Waals surface area contributed by atoms with E-state index in [1.54, 1.807) is 4.90 Å². The number of aryl methyl sites for hydroxylation is 1. The SMILES string of the molecule is Cc1ccc(NC(=O)C2C3C=CC4(O3)C2C(=O)N(CC2CCCO2)C4C(=O)NC2CCCCC2)cc1. The first-order chi connectivity index (χ1) is 17.5. The van der Waals surface area contributed by atoms with Crippen molar-refractivity contribution in [2.24, 2.45) is 11.8 Å². The van der Waals surface area contributed by atoms with Crippen molar-refractivity contribution in [3.05, 3.63) is 42.0 Å². The summed E-state index contributed by atoms with van der Waals surface area (Å²) in [6.07, 6.45) is 10.2. The molecule has 1 aromatic rings. The maximum Gasteiger partial charge on any atom is 0.246 e. The molecule has 1 aromatic carbocycles. The molecule has 5 aliphatic rings. The van der Waals surface area contributed by atoms with Crippen LogP contribution in [0, 0.1) is 18.8 Å². The first-order valence-electron chi connectivity index (χ1n) is 13.4. The van der Waals surface area contributed by atoms with Gasteiger partial charge in [-0.15, -0.1) is 0 Å². The van der Waals surface area contributed by atoms with Crippen molar-refractivity contribution in [1.82, 2.24) is 10.2 Å². The van der Waals surface area contributed by atoms with Crippen LogP contribution in [0.15, 0.2) is 36.4 Å². The lowest BCUT2D eigenvalue weighted by molar-refractivity contribution is -0.143. The van der Waals surface area contributed by atoms with Crippen LogP contribution in [-0.2, 0) is 23.9 Å². The van der Waals surface area contributed by atoms with Gasteiger partial charge in [-0.2, -0.15) is 0 Å². The largest absolute Gasteiger partial charge is 0.376 e. The van der Waals surface area contributed by atoms with Gasteiger partial charge < -0.3 is 25.0 Å². The highest BCUT2D eigenvalue weighted by atomic mass is 16.5. The summed E-state index contributed by atoms with van der Waals surface area (Å²) in [6, 6.07) is 6.89. The number of rotatable bonds is 6. The van der Waals surface area contributed by atoms with Crippen LogP contribution in [0.5, 0.6) is 0 Å². The van der Waals surface area contributed by atoms with Gasteiger partial charge in [-0.1, -0.05) is 49.1 Å². The lowest BCUT2D eigenvalue weighted by Gasteiger charge is -2.34. The Bertz CT molecular complexity index is 1060. The number of amides is 3. The first kappa shape index (κ1) is 23.7. The third kappa shape index (κ3) is 3.95. The van der Waals surface area contributed by atoms with E-state index in [0.717, 1.165) is 44.1 Å².